The molecule has 3 rings (SSSR count). The maximum Gasteiger partial charge on any atom is 0.238 e. The fourth-order valence-corrected chi connectivity index (χ4v) is 2.88. The third kappa shape index (κ3) is 2.97. The fourth-order valence-electron chi connectivity index (χ4n) is 2.76. The number of ether oxygens (including phenoxy) is 1. The molecule has 0 spiro atoms. The van der Waals surface area contributed by atoms with Crippen LogP contribution >= 0.6 is 11.6 Å². The summed E-state index contributed by atoms with van der Waals surface area (Å²) in [5, 5.41) is 1.89. The number of aromatic nitrogens is 2. The number of halogens is 1. The first-order chi connectivity index (χ1) is 11.1. The zero-order chi connectivity index (χ0) is 16.4. The van der Waals surface area contributed by atoms with Crippen molar-refractivity contribution in [2.24, 2.45) is 0 Å². The van der Waals surface area contributed by atoms with Crippen molar-refractivity contribution in [1.29, 1.82) is 0 Å². The molecule has 23 heavy (non-hydrogen) atoms. The zero-order valence-electron chi connectivity index (χ0n) is 13.3. The van der Waals surface area contributed by atoms with Crippen LogP contribution in [0, 0.1) is 13.8 Å². The van der Waals surface area contributed by atoms with E-state index in [0.717, 1.165) is 22.6 Å². The van der Waals surface area contributed by atoms with Crippen LogP contribution in [0.15, 0.2) is 49.2 Å². The number of allylic oxidation sites excluding steroid dienone is 1. The van der Waals surface area contributed by atoms with Crippen LogP contribution in [0.25, 0.3) is 10.9 Å². The topological polar surface area (TPSA) is 27.1 Å². The first-order valence-electron chi connectivity index (χ1n) is 7.54. The van der Waals surface area contributed by atoms with Crippen LogP contribution in [0.1, 0.15) is 16.8 Å². The average molecular weight is 327 g/mol. The standard InChI is InChI=1S/C19H19ClN2O/c1-4-11-22-14(3)13(2)17-9-10-21-19(18(17)22)23-12-15-5-7-16(20)8-6-15/h4-10H,1,11-12H2,2-3H3. The molecule has 4 heteroatoms. The number of pyridine rings is 1. The summed E-state index contributed by atoms with van der Waals surface area (Å²) in [6.45, 7) is 9.28. The number of fused-ring (bicyclic) bond motifs is 1. The number of benzene rings is 1. The highest BCUT2D eigenvalue weighted by Crippen LogP contribution is 2.31. The molecule has 0 saturated carbocycles. The molecule has 0 saturated heterocycles. The Morgan fingerprint density at radius 3 is 2.65 bits per heavy atom. The van der Waals surface area contributed by atoms with E-state index in [1.54, 1.807) is 6.20 Å². The van der Waals surface area contributed by atoms with Gasteiger partial charge < -0.3 is 9.30 Å². The maximum atomic E-state index is 5.99. The molecule has 2 heterocycles. The van der Waals surface area contributed by atoms with E-state index in [2.05, 4.69) is 30.0 Å². The highest BCUT2D eigenvalue weighted by molar-refractivity contribution is 6.30. The van der Waals surface area contributed by atoms with Gasteiger partial charge in [-0.3, -0.25) is 0 Å². The van der Waals surface area contributed by atoms with Crippen molar-refractivity contribution >= 4 is 22.5 Å². The number of hydrogen-bond acceptors (Lipinski definition) is 2. The molecule has 0 fully saturated rings. The summed E-state index contributed by atoms with van der Waals surface area (Å²) in [7, 11) is 0. The smallest absolute Gasteiger partial charge is 0.238 e. The Bertz CT molecular complexity index is 850. The first kappa shape index (κ1) is 15.6. The molecule has 0 aliphatic carbocycles. The van der Waals surface area contributed by atoms with Gasteiger partial charge in [-0.15, -0.1) is 6.58 Å². The minimum absolute atomic E-state index is 0.459. The molecule has 0 N–H and O–H groups in total. The lowest BCUT2D eigenvalue weighted by Crippen LogP contribution is -2.02. The Labute approximate surface area is 141 Å². The molecule has 3 aromatic rings. The molecule has 0 bridgehead atoms. The molecule has 2 aromatic heterocycles. The monoisotopic (exact) mass is 326 g/mol. The number of aryl methyl sites for hydroxylation is 1. The predicted molar refractivity (Wildman–Crippen MR) is 95.2 cm³/mol. The summed E-state index contributed by atoms with van der Waals surface area (Å²) in [6.07, 6.45) is 3.69. The summed E-state index contributed by atoms with van der Waals surface area (Å²) >= 11 is 5.92. The molecule has 0 atom stereocenters. The number of nitrogens with zero attached hydrogens (tertiary/aromatic N) is 2. The summed E-state index contributed by atoms with van der Waals surface area (Å²) in [4.78, 5) is 4.43. The molecule has 118 valence electrons. The highest BCUT2D eigenvalue weighted by atomic mass is 35.5. The zero-order valence-corrected chi connectivity index (χ0v) is 14.1. The normalized spacial score (nSPS) is 10.9. The van der Waals surface area contributed by atoms with Gasteiger partial charge in [-0.05, 0) is 43.2 Å². The Hall–Kier alpha value is -2.26. The Kier molecular flexibility index (Phi) is 4.39. The van der Waals surface area contributed by atoms with Crippen molar-refractivity contribution in [3.63, 3.8) is 0 Å². The van der Waals surface area contributed by atoms with Crippen molar-refractivity contribution in [3.8, 4) is 5.88 Å². The van der Waals surface area contributed by atoms with Gasteiger partial charge in [-0.1, -0.05) is 29.8 Å². The Morgan fingerprint density at radius 1 is 1.22 bits per heavy atom. The van der Waals surface area contributed by atoms with Crippen LogP contribution in [0.3, 0.4) is 0 Å². The quantitative estimate of drug-likeness (QED) is 0.612. The van der Waals surface area contributed by atoms with E-state index in [1.165, 1.54) is 16.6 Å². The van der Waals surface area contributed by atoms with Gasteiger partial charge in [0.25, 0.3) is 0 Å². The van der Waals surface area contributed by atoms with Crippen LogP contribution in [0.4, 0.5) is 0 Å². The number of hydrogen-bond donors (Lipinski definition) is 0. The third-order valence-electron chi connectivity index (χ3n) is 4.11. The van der Waals surface area contributed by atoms with E-state index in [-0.39, 0.29) is 0 Å². The van der Waals surface area contributed by atoms with E-state index in [4.69, 9.17) is 16.3 Å². The molecule has 0 radical (unpaired) electrons. The van der Waals surface area contributed by atoms with E-state index in [1.807, 2.05) is 36.4 Å². The van der Waals surface area contributed by atoms with Gasteiger partial charge in [-0.2, -0.15) is 0 Å². The first-order valence-corrected chi connectivity index (χ1v) is 7.92. The lowest BCUT2D eigenvalue weighted by atomic mass is 10.2. The summed E-state index contributed by atoms with van der Waals surface area (Å²) < 4.78 is 8.19. The second kappa shape index (κ2) is 6.47. The summed E-state index contributed by atoms with van der Waals surface area (Å²) in [5.74, 6) is 0.649. The molecule has 3 nitrogen and oxygen atoms in total. The van der Waals surface area contributed by atoms with Gasteiger partial charge in [0, 0.05) is 28.8 Å². The van der Waals surface area contributed by atoms with Gasteiger partial charge in [0.05, 0.1) is 0 Å². The van der Waals surface area contributed by atoms with Gasteiger partial charge >= 0.3 is 0 Å². The van der Waals surface area contributed by atoms with Crippen LogP contribution in [0.2, 0.25) is 5.02 Å². The molecular weight excluding hydrogens is 308 g/mol. The van der Waals surface area contributed by atoms with Gasteiger partial charge in [0.1, 0.15) is 12.1 Å². The summed E-state index contributed by atoms with van der Waals surface area (Å²) in [6, 6.07) is 9.68. The second-order valence-corrected chi connectivity index (χ2v) is 5.97. The molecule has 1 aromatic carbocycles. The van der Waals surface area contributed by atoms with Crippen molar-refractivity contribution in [3.05, 3.63) is 71.0 Å². The number of rotatable bonds is 5. The van der Waals surface area contributed by atoms with E-state index >= 15 is 0 Å². The van der Waals surface area contributed by atoms with Crippen LogP contribution in [-0.2, 0) is 13.2 Å². The van der Waals surface area contributed by atoms with Gasteiger partial charge in [0.15, 0.2) is 0 Å². The third-order valence-corrected chi connectivity index (χ3v) is 4.36. The maximum absolute atomic E-state index is 5.99. The van der Waals surface area contributed by atoms with E-state index in [9.17, 15) is 0 Å². The fraction of sp³-hybridized carbons (Fsp3) is 0.211. The lowest BCUT2D eigenvalue weighted by Gasteiger charge is -2.10. The molecule has 0 amide bonds. The van der Waals surface area contributed by atoms with Crippen LogP contribution in [0.5, 0.6) is 5.88 Å². The SMILES string of the molecule is C=CCn1c(C)c(C)c2ccnc(OCc3ccc(Cl)cc3)c21. The molecular formula is C19H19ClN2O. The molecule has 0 aliphatic heterocycles. The van der Waals surface area contributed by atoms with Gasteiger partial charge in [-0.25, -0.2) is 4.98 Å². The minimum atomic E-state index is 0.459. The predicted octanol–water partition coefficient (Wildman–Crippen LogP) is 5.07. The largest absolute Gasteiger partial charge is 0.471 e. The van der Waals surface area contributed by atoms with Crippen molar-refractivity contribution in [1.82, 2.24) is 9.55 Å². The Morgan fingerprint density at radius 2 is 1.96 bits per heavy atom. The van der Waals surface area contributed by atoms with Crippen molar-refractivity contribution in [2.75, 3.05) is 0 Å². The van der Waals surface area contributed by atoms with Crippen molar-refractivity contribution in [2.45, 2.75) is 27.0 Å². The molecule has 0 unspecified atom stereocenters. The highest BCUT2D eigenvalue weighted by Gasteiger charge is 2.15. The van der Waals surface area contributed by atoms with Crippen LogP contribution in [-0.4, -0.2) is 9.55 Å². The van der Waals surface area contributed by atoms with E-state index in [0.29, 0.717) is 12.5 Å². The second-order valence-electron chi connectivity index (χ2n) is 5.54. The molecule has 0 aliphatic rings. The Balaban J connectivity index is 1.98. The summed E-state index contributed by atoms with van der Waals surface area (Å²) in [5.41, 5.74) is 4.55. The van der Waals surface area contributed by atoms with E-state index < -0.39 is 0 Å². The average Bonchev–Trinajstić information content (AvgIpc) is 2.80. The van der Waals surface area contributed by atoms with Crippen LogP contribution < -0.4 is 4.74 Å². The van der Waals surface area contributed by atoms with Crippen molar-refractivity contribution < 1.29 is 4.74 Å². The van der Waals surface area contributed by atoms with Gasteiger partial charge in [0.2, 0.25) is 5.88 Å². The lowest BCUT2D eigenvalue weighted by molar-refractivity contribution is 0.296. The minimum Gasteiger partial charge on any atom is -0.471 e.